The van der Waals surface area contributed by atoms with Gasteiger partial charge in [0.1, 0.15) is 6.54 Å². The lowest BCUT2D eigenvalue weighted by molar-refractivity contribution is -0.135. The first-order valence-corrected chi connectivity index (χ1v) is 3.56. The SMILES string of the molecule is CCCC(=S)NCC(=O)O. The molecule has 0 spiro atoms. The largest absolute Gasteiger partial charge is 0.480 e. The Labute approximate surface area is 65.4 Å². The Morgan fingerprint density at radius 2 is 2.30 bits per heavy atom. The Morgan fingerprint density at radius 1 is 1.70 bits per heavy atom. The summed E-state index contributed by atoms with van der Waals surface area (Å²) < 4.78 is 0. The van der Waals surface area contributed by atoms with Gasteiger partial charge in [0.25, 0.3) is 0 Å². The highest BCUT2D eigenvalue weighted by atomic mass is 32.1. The molecule has 0 aliphatic heterocycles. The van der Waals surface area contributed by atoms with Crippen molar-refractivity contribution in [1.29, 1.82) is 0 Å². The molecule has 2 N–H and O–H groups in total. The van der Waals surface area contributed by atoms with E-state index in [9.17, 15) is 4.79 Å². The van der Waals surface area contributed by atoms with E-state index in [1.54, 1.807) is 0 Å². The Bertz CT molecular complexity index is 136. The summed E-state index contributed by atoms with van der Waals surface area (Å²) in [4.78, 5) is 10.6. The first-order chi connectivity index (χ1) is 4.66. The summed E-state index contributed by atoms with van der Waals surface area (Å²) in [5, 5.41) is 10.8. The van der Waals surface area contributed by atoms with Gasteiger partial charge in [-0.15, -0.1) is 0 Å². The minimum atomic E-state index is -0.876. The second-order valence-corrected chi connectivity index (χ2v) is 2.41. The van der Waals surface area contributed by atoms with E-state index in [-0.39, 0.29) is 6.54 Å². The Morgan fingerprint density at radius 3 is 2.70 bits per heavy atom. The summed E-state index contributed by atoms with van der Waals surface area (Å²) >= 11 is 4.80. The molecule has 0 atom stereocenters. The number of carboxylic acids is 1. The minimum absolute atomic E-state index is 0.0706. The molecule has 0 unspecified atom stereocenters. The molecule has 0 fully saturated rings. The zero-order valence-electron chi connectivity index (χ0n) is 5.89. The summed E-state index contributed by atoms with van der Waals surface area (Å²) in [6.45, 7) is 1.92. The number of nitrogens with one attached hydrogen (secondary N) is 1. The molecule has 0 aliphatic rings. The van der Waals surface area contributed by atoms with Crippen molar-refractivity contribution in [3.8, 4) is 0 Å². The molecule has 0 radical (unpaired) electrons. The Balaban J connectivity index is 3.30. The van der Waals surface area contributed by atoms with Crippen LogP contribution in [0.4, 0.5) is 0 Å². The second kappa shape index (κ2) is 5.17. The van der Waals surface area contributed by atoms with Gasteiger partial charge in [-0.1, -0.05) is 19.1 Å². The highest BCUT2D eigenvalue weighted by Gasteiger charge is 1.97. The molecule has 0 amide bonds. The Kier molecular flexibility index (Phi) is 4.84. The van der Waals surface area contributed by atoms with Crippen molar-refractivity contribution in [2.24, 2.45) is 0 Å². The first kappa shape index (κ1) is 9.36. The number of hydrogen-bond acceptors (Lipinski definition) is 2. The van der Waals surface area contributed by atoms with Crippen molar-refractivity contribution in [1.82, 2.24) is 5.32 Å². The van der Waals surface area contributed by atoms with E-state index in [1.165, 1.54) is 0 Å². The molecule has 0 aromatic rings. The second-order valence-electron chi connectivity index (χ2n) is 1.92. The molecule has 0 aromatic carbocycles. The van der Waals surface area contributed by atoms with Crippen molar-refractivity contribution < 1.29 is 9.90 Å². The van der Waals surface area contributed by atoms with Crippen LogP contribution in [-0.2, 0) is 4.79 Å². The number of aliphatic carboxylic acids is 1. The van der Waals surface area contributed by atoms with Gasteiger partial charge < -0.3 is 10.4 Å². The van der Waals surface area contributed by atoms with Gasteiger partial charge in [-0.25, -0.2) is 0 Å². The van der Waals surface area contributed by atoms with Crippen LogP contribution in [0.3, 0.4) is 0 Å². The third-order valence-corrected chi connectivity index (χ3v) is 1.26. The van der Waals surface area contributed by atoms with Crippen LogP contribution in [0.15, 0.2) is 0 Å². The standard InChI is InChI=1S/C6H11NO2S/c1-2-3-5(10)7-4-6(8)9/h2-4H2,1H3,(H,7,10)(H,8,9). The first-order valence-electron chi connectivity index (χ1n) is 3.15. The highest BCUT2D eigenvalue weighted by molar-refractivity contribution is 7.80. The van der Waals surface area contributed by atoms with Crippen LogP contribution >= 0.6 is 12.2 Å². The predicted molar refractivity (Wildman–Crippen MR) is 43.1 cm³/mol. The average Bonchev–Trinajstić information content (AvgIpc) is 1.85. The molecule has 0 rings (SSSR count). The molecule has 3 nitrogen and oxygen atoms in total. The molecule has 0 saturated heterocycles. The molecule has 0 aromatic heterocycles. The van der Waals surface area contributed by atoms with Crippen LogP contribution in [0, 0.1) is 0 Å². The van der Waals surface area contributed by atoms with Gasteiger partial charge in [0.2, 0.25) is 0 Å². The third kappa shape index (κ3) is 5.50. The normalized spacial score (nSPS) is 8.90. The van der Waals surface area contributed by atoms with Crippen molar-refractivity contribution in [3.63, 3.8) is 0 Å². The lowest BCUT2D eigenvalue weighted by Crippen LogP contribution is -2.27. The molecule has 10 heavy (non-hydrogen) atoms. The lowest BCUT2D eigenvalue weighted by Gasteiger charge is -2.01. The monoisotopic (exact) mass is 161 g/mol. The van der Waals surface area contributed by atoms with Crippen LogP contribution in [0.1, 0.15) is 19.8 Å². The maximum atomic E-state index is 9.99. The number of thiocarbonyl (C=S) groups is 1. The maximum Gasteiger partial charge on any atom is 0.322 e. The maximum absolute atomic E-state index is 9.99. The number of rotatable bonds is 4. The topological polar surface area (TPSA) is 49.3 Å². The van der Waals surface area contributed by atoms with Crippen molar-refractivity contribution in [2.75, 3.05) is 6.54 Å². The van der Waals surface area contributed by atoms with Gasteiger partial charge in [0, 0.05) is 0 Å². The molecule has 0 heterocycles. The summed E-state index contributed by atoms with van der Waals surface area (Å²) in [6.07, 6.45) is 1.72. The molecule has 0 saturated carbocycles. The van der Waals surface area contributed by atoms with Crippen LogP contribution < -0.4 is 5.32 Å². The van der Waals surface area contributed by atoms with Crippen molar-refractivity contribution in [3.05, 3.63) is 0 Å². The fraction of sp³-hybridized carbons (Fsp3) is 0.667. The summed E-state index contributed by atoms with van der Waals surface area (Å²) in [7, 11) is 0. The van der Waals surface area contributed by atoms with E-state index in [2.05, 4.69) is 5.32 Å². The minimum Gasteiger partial charge on any atom is -0.480 e. The summed E-state index contributed by atoms with van der Waals surface area (Å²) in [5.74, 6) is -0.876. The van der Waals surface area contributed by atoms with Crippen LogP contribution in [0.25, 0.3) is 0 Å². The summed E-state index contributed by atoms with van der Waals surface area (Å²) in [6, 6.07) is 0. The van der Waals surface area contributed by atoms with E-state index in [0.29, 0.717) is 4.99 Å². The molecular formula is C6H11NO2S. The number of carbonyl (C=O) groups is 1. The van der Waals surface area contributed by atoms with Gasteiger partial charge in [-0.3, -0.25) is 4.79 Å². The molecular weight excluding hydrogens is 150 g/mol. The fourth-order valence-electron chi connectivity index (χ4n) is 0.490. The van der Waals surface area contributed by atoms with E-state index in [4.69, 9.17) is 17.3 Å². The zero-order chi connectivity index (χ0) is 7.98. The molecule has 0 aliphatic carbocycles. The van der Waals surface area contributed by atoms with Crippen LogP contribution in [-0.4, -0.2) is 22.6 Å². The van der Waals surface area contributed by atoms with E-state index >= 15 is 0 Å². The Hall–Kier alpha value is -0.640. The van der Waals surface area contributed by atoms with Crippen molar-refractivity contribution >= 4 is 23.2 Å². The third-order valence-electron chi connectivity index (χ3n) is 0.914. The van der Waals surface area contributed by atoms with Gasteiger partial charge in [-0.05, 0) is 12.8 Å². The molecule has 58 valence electrons. The number of hydrogen-bond donors (Lipinski definition) is 2. The van der Waals surface area contributed by atoms with Crippen molar-refractivity contribution in [2.45, 2.75) is 19.8 Å². The van der Waals surface area contributed by atoms with Crippen LogP contribution in [0.2, 0.25) is 0 Å². The van der Waals surface area contributed by atoms with Gasteiger partial charge in [-0.2, -0.15) is 0 Å². The highest BCUT2D eigenvalue weighted by Crippen LogP contribution is 1.87. The molecule has 4 heteroatoms. The van der Waals surface area contributed by atoms with E-state index < -0.39 is 5.97 Å². The van der Waals surface area contributed by atoms with Gasteiger partial charge in [0.15, 0.2) is 0 Å². The van der Waals surface area contributed by atoms with E-state index in [1.807, 2.05) is 6.92 Å². The van der Waals surface area contributed by atoms with Gasteiger partial charge in [0.05, 0.1) is 4.99 Å². The zero-order valence-corrected chi connectivity index (χ0v) is 6.70. The predicted octanol–water partition coefficient (Wildman–Crippen LogP) is 0.788. The smallest absolute Gasteiger partial charge is 0.322 e. The average molecular weight is 161 g/mol. The summed E-state index contributed by atoms with van der Waals surface area (Å²) in [5.41, 5.74) is 0. The van der Waals surface area contributed by atoms with Gasteiger partial charge >= 0.3 is 5.97 Å². The molecule has 0 bridgehead atoms. The number of carboxylic acid groups (broad SMARTS) is 1. The van der Waals surface area contributed by atoms with E-state index in [0.717, 1.165) is 12.8 Å². The fourth-order valence-corrected chi connectivity index (χ4v) is 0.766. The lowest BCUT2D eigenvalue weighted by atomic mass is 10.3. The quantitative estimate of drug-likeness (QED) is 0.598. The van der Waals surface area contributed by atoms with Crippen LogP contribution in [0.5, 0.6) is 0 Å².